The number of nitrogens with one attached hydrogen (secondary N) is 1. The molecule has 3 aromatic rings. The number of halogens is 2. The van der Waals surface area contributed by atoms with Crippen molar-refractivity contribution < 1.29 is 9.59 Å². The second-order valence-electron chi connectivity index (χ2n) is 5.17. The Balaban J connectivity index is 2.26. The smallest absolute Gasteiger partial charge is 0.289 e. The van der Waals surface area contributed by atoms with Gasteiger partial charge in [-0.1, -0.05) is 41.9 Å². The summed E-state index contributed by atoms with van der Waals surface area (Å²) in [5.74, 6) is -0.464. The van der Waals surface area contributed by atoms with E-state index < -0.39 is 22.3 Å². The highest BCUT2D eigenvalue weighted by Gasteiger charge is 2.21. The lowest BCUT2D eigenvalue weighted by atomic mass is 10.0. The molecule has 0 aliphatic heterocycles. The lowest BCUT2D eigenvalue weighted by Crippen LogP contribution is -2.30. The van der Waals surface area contributed by atoms with Crippen LogP contribution in [0.5, 0.6) is 0 Å². The van der Waals surface area contributed by atoms with Gasteiger partial charge in [-0.3, -0.25) is 19.4 Å². The van der Waals surface area contributed by atoms with Gasteiger partial charge >= 0.3 is 5.69 Å². The minimum atomic E-state index is -0.906. The van der Waals surface area contributed by atoms with Crippen molar-refractivity contribution in [2.75, 3.05) is 0 Å². The van der Waals surface area contributed by atoms with E-state index >= 15 is 0 Å². The van der Waals surface area contributed by atoms with E-state index in [1.807, 2.05) is 4.98 Å². The van der Waals surface area contributed by atoms with Crippen LogP contribution in [0.25, 0.3) is 5.69 Å². The average Bonchev–Trinajstić information content (AvgIpc) is 2.62. The molecule has 0 saturated heterocycles. The van der Waals surface area contributed by atoms with Gasteiger partial charge in [0.2, 0.25) is 0 Å². The maximum Gasteiger partial charge on any atom is 0.349 e. The lowest BCUT2D eigenvalue weighted by molar-refractivity contribution is 0.103. The van der Waals surface area contributed by atoms with Crippen molar-refractivity contribution in [2.45, 2.75) is 0 Å². The first-order valence-electron chi connectivity index (χ1n) is 7.20. The number of aromatic amines is 1. The van der Waals surface area contributed by atoms with E-state index in [1.165, 1.54) is 12.1 Å². The normalized spacial score (nSPS) is 10.5. The van der Waals surface area contributed by atoms with Gasteiger partial charge in [-0.15, -0.1) is 0 Å². The summed E-state index contributed by atoms with van der Waals surface area (Å²) in [4.78, 5) is 49.6. The van der Waals surface area contributed by atoms with E-state index in [0.29, 0.717) is 5.56 Å². The van der Waals surface area contributed by atoms with Crippen LogP contribution >= 0.6 is 23.2 Å². The van der Waals surface area contributed by atoms with E-state index in [9.17, 15) is 19.2 Å². The fourth-order valence-corrected chi connectivity index (χ4v) is 2.80. The molecule has 1 aromatic heterocycles. The van der Waals surface area contributed by atoms with Gasteiger partial charge in [0.25, 0.3) is 10.8 Å². The molecule has 1 heterocycles. The largest absolute Gasteiger partial charge is 0.349 e. The Morgan fingerprint density at radius 1 is 1.04 bits per heavy atom. The van der Waals surface area contributed by atoms with Crippen LogP contribution in [0.15, 0.2) is 58.3 Å². The number of aromatic nitrogens is 3. The van der Waals surface area contributed by atoms with Crippen LogP contribution < -0.4 is 11.2 Å². The number of nitrogens with zero attached hydrogens (tertiary/aromatic N) is 2. The van der Waals surface area contributed by atoms with Crippen molar-refractivity contribution in [1.29, 1.82) is 0 Å². The number of hydrogen-bond donors (Lipinski definition) is 1. The first kappa shape index (κ1) is 17.8. The molecule has 0 unspecified atom stereocenters. The number of rotatable bonds is 4. The van der Waals surface area contributed by atoms with Crippen molar-refractivity contribution in [3.8, 4) is 5.69 Å². The van der Waals surface area contributed by atoms with Gasteiger partial charge in [-0.05, 0) is 23.7 Å². The molecule has 7 nitrogen and oxygen atoms in total. The third-order valence-corrected chi connectivity index (χ3v) is 4.12. The summed E-state index contributed by atoms with van der Waals surface area (Å²) in [6.07, 6.45) is 0.886. The van der Waals surface area contributed by atoms with Gasteiger partial charge in [-0.2, -0.15) is 9.78 Å². The van der Waals surface area contributed by atoms with Gasteiger partial charge < -0.3 is 0 Å². The summed E-state index contributed by atoms with van der Waals surface area (Å²) < 4.78 is 0.822. The SMILES string of the molecule is O=C(Cl)c1cc(-n2ncc(=O)[nH]c2=O)cc(C(=O)c2ccccc2)c1Cl. The highest BCUT2D eigenvalue weighted by molar-refractivity contribution is 6.69. The molecule has 0 radical (unpaired) electrons. The third kappa shape index (κ3) is 3.35. The highest BCUT2D eigenvalue weighted by atomic mass is 35.5. The van der Waals surface area contributed by atoms with Gasteiger partial charge in [0.05, 0.1) is 16.3 Å². The Hall–Kier alpha value is -3.03. The molecule has 0 saturated carbocycles. The zero-order valence-electron chi connectivity index (χ0n) is 12.9. The number of ketones is 1. The van der Waals surface area contributed by atoms with E-state index in [4.69, 9.17) is 23.2 Å². The van der Waals surface area contributed by atoms with E-state index in [-0.39, 0.29) is 21.8 Å². The van der Waals surface area contributed by atoms with Crippen LogP contribution in [0.4, 0.5) is 0 Å². The first-order valence-corrected chi connectivity index (χ1v) is 7.96. The quantitative estimate of drug-likeness (QED) is 0.544. The molecule has 1 N–H and O–H groups in total. The number of H-pyrrole nitrogens is 1. The molecule has 0 atom stereocenters. The van der Waals surface area contributed by atoms with Gasteiger partial charge in [-0.25, -0.2) is 4.79 Å². The number of benzene rings is 2. The fraction of sp³-hybridized carbons (Fsp3) is 0. The standard InChI is InChI=1S/C17H9Cl2N3O4/c18-14-11(15(24)9-4-2-1-3-5-9)6-10(7-12(14)16(19)25)22-17(26)21-13(23)8-20-22/h1-8H,(H,21,23,26). The van der Waals surface area contributed by atoms with Crippen molar-refractivity contribution in [2.24, 2.45) is 0 Å². The first-order chi connectivity index (χ1) is 12.4. The fourth-order valence-electron chi connectivity index (χ4n) is 2.32. The van der Waals surface area contributed by atoms with E-state index in [1.54, 1.807) is 30.3 Å². The summed E-state index contributed by atoms with van der Waals surface area (Å²) >= 11 is 11.7. The van der Waals surface area contributed by atoms with Crippen molar-refractivity contribution in [3.63, 3.8) is 0 Å². The van der Waals surface area contributed by atoms with Crippen LogP contribution in [0.3, 0.4) is 0 Å². The molecule has 26 heavy (non-hydrogen) atoms. The summed E-state index contributed by atoms with van der Waals surface area (Å²) in [5, 5.41) is 2.66. The molecule has 0 spiro atoms. The third-order valence-electron chi connectivity index (χ3n) is 3.51. The molecule has 0 aliphatic rings. The predicted octanol–water partition coefficient (Wildman–Crippen LogP) is 2.18. The molecule has 2 aromatic carbocycles. The Morgan fingerprint density at radius 3 is 2.31 bits per heavy atom. The molecule has 0 fully saturated rings. The molecule has 3 rings (SSSR count). The van der Waals surface area contributed by atoms with Crippen LogP contribution in [0, 0.1) is 0 Å². The Morgan fingerprint density at radius 2 is 1.69 bits per heavy atom. The molecule has 0 aliphatic carbocycles. The molecule has 0 bridgehead atoms. The van der Waals surface area contributed by atoms with Crippen molar-refractivity contribution in [1.82, 2.24) is 14.8 Å². The second kappa shape index (κ2) is 7.07. The predicted molar refractivity (Wildman–Crippen MR) is 95.5 cm³/mol. The van der Waals surface area contributed by atoms with Crippen LogP contribution in [-0.2, 0) is 0 Å². The molecule has 130 valence electrons. The summed E-state index contributed by atoms with van der Waals surface area (Å²) in [7, 11) is 0. The van der Waals surface area contributed by atoms with Gasteiger partial charge in [0.15, 0.2) is 5.78 Å². The summed E-state index contributed by atoms with van der Waals surface area (Å²) in [6, 6.07) is 10.8. The maximum absolute atomic E-state index is 12.8. The summed E-state index contributed by atoms with van der Waals surface area (Å²) in [6.45, 7) is 0. The number of carbonyl (C=O) groups is 2. The minimum Gasteiger partial charge on any atom is -0.289 e. The van der Waals surface area contributed by atoms with Gasteiger partial charge in [0.1, 0.15) is 6.20 Å². The summed E-state index contributed by atoms with van der Waals surface area (Å²) in [5.41, 5.74) is -1.33. The average molecular weight is 390 g/mol. The number of hydrogen-bond acceptors (Lipinski definition) is 5. The monoisotopic (exact) mass is 389 g/mol. The van der Waals surface area contributed by atoms with Crippen LogP contribution in [0.2, 0.25) is 5.02 Å². The van der Waals surface area contributed by atoms with Crippen molar-refractivity contribution >= 4 is 34.2 Å². The van der Waals surface area contributed by atoms with E-state index in [2.05, 4.69) is 5.10 Å². The van der Waals surface area contributed by atoms with Crippen molar-refractivity contribution in [3.05, 3.63) is 91.2 Å². The Bertz CT molecular complexity index is 1140. The lowest BCUT2D eigenvalue weighted by Gasteiger charge is -2.11. The molecule has 0 amide bonds. The Kier molecular flexibility index (Phi) is 4.83. The maximum atomic E-state index is 12.8. The molecular formula is C17H9Cl2N3O4. The molecular weight excluding hydrogens is 381 g/mol. The molecule has 9 heteroatoms. The van der Waals surface area contributed by atoms with Crippen LogP contribution in [0.1, 0.15) is 26.3 Å². The highest BCUT2D eigenvalue weighted by Crippen LogP contribution is 2.28. The number of carbonyl (C=O) groups excluding carboxylic acids is 2. The Labute approximate surface area is 155 Å². The van der Waals surface area contributed by atoms with E-state index in [0.717, 1.165) is 10.9 Å². The topological polar surface area (TPSA) is 102 Å². The second-order valence-corrected chi connectivity index (χ2v) is 5.90. The zero-order chi connectivity index (χ0) is 18.8. The zero-order valence-corrected chi connectivity index (χ0v) is 14.4. The minimum absolute atomic E-state index is 0.0285. The van der Waals surface area contributed by atoms with Gasteiger partial charge in [0, 0.05) is 11.1 Å². The van der Waals surface area contributed by atoms with Crippen LogP contribution in [-0.4, -0.2) is 25.8 Å².